The zero-order valence-corrected chi connectivity index (χ0v) is 20.1. The molecule has 0 bridgehead atoms. The second-order valence-corrected chi connectivity index (χ2v) is 8.97. The number of carbonyl (C=O) groups excluding carboxylic acids is 1. The van der Waals surface area contributed by atoms with E-state index >= 15 is 0 Å². The Labute approximate surface area is 190 Å². The van der Waals surface area contributed by atoms with E-state index < -0.39 is 0 Å². The van der Waals surface area contributed by atoms with E-state index in [0.717, 1.165) is 17.3 Å². The summed E-state index contributed by atoms with van der Waals surface area (Å²) in [6, 6.07) is 10.3. The molecule has 30 heavy (non-hydrogen) atoms. The zero-order chi connectivity index (χ0) is 22.4. The van der Waals surface area contributed by atoms with Gasteiger partial charge in [-0.15, -0.1) is 0 Å². The molecule has 0 aliphatic rings. The molecule has 0 spiro atoms. The number of nitrogens with one attached hydrogen (secondary N) is 1. The van der Waals surface area contributed by atoms with Crippen molar-refractivity contribution < 1.29 is 32.1 Å². The third-order valence-corrected chi connectivity index (χ3v) is 4.44. The predicted octanol–water partition coefficient (Wildman–Crippen LogP) is 5.11. The van der Waals surface area contributed by atoms with Crippen LogP contribution in [0.2, 0.25) is 0 Å². The van der Waals surface area contributed by atoms with E-state index in [4.69, 9.17) is 0 Å². The van der Waals surface area contributed by atoms with Crippen molar-refractivity contribution in [2.24, 2.45) is 0 Å². The molecule has 0 fully saturated rings. The Hall–Kier alpha value is -2.30. The van der Waals surface area contributed by atoms with Gasteiger partial charge in [0.15, 0.2) is 0 Å². The van der Waals surface area contributed by atoms with E-state index in [1.165, 1.54) is 6.07 Å². The topological polar surface area (TPSA) is 91.9 Å². The molecule has 0 saturated carbocycles. The normalized spacial score (nSPS) is 10.9. The summed E-state index contributed by atoms with van der Waals surface area (Å²) >= 11 is 0. The first-order chi connectivity index (χ1) is 13.3. The molecule has 0 saturated heterocycles. The van der Waals surface area contributed by atoms with E-state index in [0.29, 0.717) is 17.7 Å². The van der Waals surface area contributed by atoms with Crippen LogP contribution in [0.15, 0.2) is 36.4 Å². The number of rotatable bonds is 3. The van der Waals surface area contributed by atoms with E-state index in [2.05, 4.69) is 46.9 Å². The van der Waals surface area contributed by atoms with Gasteiger partial charge in [-0.05, 0) is 47.1 Å². The number of hydrogen-bond donors (Lipinski definition) is 3. The third-order valence-electron chi connectivity index (χ3n) is 4.44. The van der Waals surface area contributed by atoms with E-state index in [9.17, 15) is 20.4 Å². The summed E-state index contributed by atoms with van der Waals surface area (Å²) in [7, 11) is 0. The Morgan fingerprint density at radius 2 is 1.60 bits per heavy atom. The molecular weight excluding hydrogens is 419 g/mol. The molecule has 165 valence electrons. The second kappa shape index (κ2) is 11.2. The van der Waals surface area contributed by atoms with Crippen LogP contribution in [-0.4, -0.2) is 28.9 Å². The van der Waals surface area contributed by atoms with Crippen LogP contribution in [0, 0.1) is 0 Å². The Balaban J connectivity index is 0.000000573. The van der Waals surface area contributed by atoms with E-state index in [1.807, 2.05) is 19.1 Å². The van der Waals surface area contributed by atoms with Gasteiger partial charge in [0, 0.05) is 29.2 Å². The molecule has 0 aliphatic carbocycles. The van der Waals surface area contributed by atoms with Crippen molar-refractivity contribution >= 4 is 12.1 Å². The number of hydrogen-bond acceptors (Lipinski definition) is 3. The number of benzene rings is 2. The van der Waals surface area contributed by atoms with Gasteiger partial charge in [0.1, 0.15) is 11.5 Å². The summed E-state index contributed by atoms with van der Waals surface area (Å²) in [5.74, 6) is -0.0490. The first-order valence-corrected chi connectivity index (χ1v) is 9.74. The molecule has 6 heteroatoms. The Morgan fingerprint density at radius 3 is 2.03 bits per heavy atom. The molecule has 0 heterocycles. The number of phenols is 2. The average molecular weight is 452 g/mol. The van der Waals surface area contributed by atoms with Gasteiger partial charge in [-0.2, -0.15) is 6.21 Å². The Bertz CT molecular complexity index is 866. The van der Waals surface area contributed by atoms with Gasteiger partial charge in [0.25, 0.3) is 5.91 Å². The van der Waals surface area contributed by atoms with Crippen molar-refractivity contribution in [1.82, 2.24) is 5.32 Å². The van der Waals surface area contributed by atoms with Crippen LogP contribution in [0.5, 0.6) is 11.5 Å². The molecule has 2 aromatic rings. The minimum absolute atomic E-state index is 0. The number of nitrogens with zero attached hydrogens (tertiary/aromatic N) is 1. The van der Waals surface area contributed by atoms with Crippen LogP contribution in [0.4, 0.5) is 0 Å². The van der Waals surface area contributed by atoms with Crippen LogP contribution in [-0.2, 0) is 27.9 Å². The van der Waals surface area contributed by atoms with Crippen molar-refractivity contribution in [2.45, 2.75) is 59.3 Å². The van der Waals surface area contributed by atoms with Crippen molar-refractivity contribution in [3.8, 4) is 11.5 Å². The number of aromatic hydroxyl groups is 2. The maximum Gasteiger partial charge on any atom is 0.255 e. The minimum Gasteiger partial charge on any atom is -0.810 e. The molecule has 5 nitrogen and oxygen atoms in total. The molecule has 1 radical (unpaired) electrons. The molecular formula is C24H33MnN2O3-. The number of amides is 1. The molecule has 1 amide bonds. The molecule has 0 aromatic heterocycles. The molecule has 2 aromatic carbocycles. The maximum absolute atomic E-state index is 11.2. The minimum atomic E-state index is -0.240. The van der Waals surface area contributed by atoms with E-state index in [1.54, 1.807) is 18.2 Å². The molecule has 0 unspecified atom stereocenters. The van der Waals surface area contributed by atoms with Gasteiger partial charge in [0.2, 0.25) is 0 Å². The molecule has 0 atom stereocenters. The summed E-state index contributed by atoms with van der Waals surface area (Å²) in [6.07, 6.45) is 0.972. The maximum atomic E-state index is 11.2. The van der Waals surface area contributed by atoms with Crippen LogP contribution < -0.4 is 5.32 Å². The number of phenolic OH excluding ortho intramolecular Hbond substituents is 2. The van der Waals surface area contributed by atoms with Gasteiger partial charge in [-0.1, -0.05) is 59.7 Å². The van der Waals surface area contributed by atoms with Crippen molar-refractivity contribution in [2.75, 3.05) is 6.54 Å². The standard InChI is InChI=1S/C15H22NO.C9H11NO2.Mn/c1-14(2,3)11-7-10(9-16)13(17)12(8-11)15(4,5)6;1-2-10-9(12)7-5-3-4-6-8(7)11;/h7-9,17H,1-6H3;3-6,11H,2H2,1H3,(H,10,12);/q-1;;. The zero-order valence-electron chi connectivity index (χ0n) is 18.9. The first kappa shape index (κ1) is 27.7. The summed E-state index contributed by atoms with van der Waals surface area (Å²) in [5.41, 5.74) is 2.63. The Kier molecular flexibility index (Phi) is 10.3. The second-order valence-electron chi connectivity index (χ2n) is 8.97. The van der Waals surface area contributed by atoms with Gasteiger partial charge in [-0.25, -0.2) is 0 Å². The quantitative estimate of drug-likeness (QED) is 0.446. The number of para-hydroxylation sites is 1. The van der Waals surface area contributed by atoms with Crippen molar-refractivity contribution in [1.29, 1.82) is 0 Å². The van der Waals surface area contributed by atoms with Gasteiger partial charge in [0.05, 0.1) is 5.56 Å². The van der Waals surface area contributed by atoms with E-state index in [-0.39, 0.29) is 45.3 Å². The average Bonchev–Trinajstić information content (AvgIpc) is 2.61. The fourth-order valence-electron chi connectivity index (χ4n) is 2.68. The summed E-state index contributed by atoms with van der Waals surface area (Å²) in [5, 5.41) is 31.2. The molecule has 0 aliphatic heterocycles. The van der Waals surface area contributed by atoms with Crippen LogP contribution in [0.1, 0.15) is 75.5 Å². The van der Waals surface area contributed by atoms with Crippen LogP contribution >= 0.6 is 0 Å². The van der Waals surface area contributed by atoms with Gasteiger partial charge in [-0.3, -0.25) is 4.79 Å². The fourth-order valence-corrected chi connectivity index (χ4v) is 2.68. The molecule has 3 N–H and O–H groups in total. The van der Waals surface area contributed by atoms with Crippen molar-refractivity contribution in [3.05, 3.63) is 64.1 Å². The predicted molar refractivity (Wildman–Crippen MR) is 120 cm³/mol. The van der Waals surface area contributed by atoms with Gasteiger partial charge >= 0.3 is 0 Å². The van der Waals surface area contributed by atoms with Crippen LogP contribution in [0.3, 0.4) is 0 Å². The van der Waals surface area contributed by atoms with Crippen LogP contribution in [0.25, 0.3) is 5.41 Å². The number of carbonyl (C=O) groups is 1. The fraction of sp³-hybridized carbons (Fsp3) is 0.417. The third kappa shape index (κ3) is 7.51. The van der Waals surface area contributed by atoms with Gasteiger partial charge < -0.3 is 20.9 Å². The van der Waals surface area contributed by atoms with Crippen molar-refractivity contribution in [3.63, 3.8) is 0 Å². The first-order valence-electron chi connectivity index (χ1n) is 9.74. The summed E-state index contributed by atoms with van der Waals surface area (Å²) in [4.78, 5) is 11.2. The molecule has 2 rings (SSSR count). The SMILES string of the molecule is CC(C)(C)c1cc(C=[N-])c(O)c(C(C)(C)C)c1.CCNC(=O)c1ccccc1O.[Mn]. The summed E-state index contributed by atoms with van der Waals surface area (Å²) < 4.78 is 0. The smallest absolute Gasteiger partial charge is 0.255 e. The monoisotopic (exact) mass is 452 g/mol. The summed E-state index contributed by atoms with van der Waals surface area (Å²) in [6.45, 7) is 14.9. The Morgan fingerprint density at radius 1 is 1.03 bits per heavy atom. The largest absolute Gasteiger partial charge is 0.810 e.